The predicted molar refractivity (Wildman–Crippen MR) is 145 cm³/mol. The minimum Gasteiger partial charge on any atom is -0.391 e. The Morgan fingerprint density at radius 3 is 2.58 bits per heavy atom. The highest BCUT2D eigenvalue weighted by atomic mass is 16.3. The van der Waals surface area contributed by atoms with E-state index >= 15 is 0 Å². The fraction of sp³-hybridized carbons (Fsp3) is 0.321. The van der Waals surface area contributed by atoms with E-state index < -0.39 is 0 Å². The second kappa shape index (κ2) is 9.61. The molecule has 8 nitrogen and oxygen atoms in total. The average Bonchev–Trinajstić information content (AvgIpc) is 3.42. The van der Waals surface area contributed by atoms with Crippen LogP contribution >= 0.6 is 0 Å². The lowest BCUT2D eigenvalue weighted by Crippen LogP contribution is -2.29. The zero-order valence-corrected chi connectivity index (χ0v) is 21.0. The quantitative estimate of drug-likeness (QED) is 0.447. The monoisotopic (exact) mass is 481 g/mol. The van der Waals surface area contributed by atoms with E-state index in [4.69, 9.17) is 5.26 Å². The van der Waals surface area contributed by atoms with Crippen molar-refractivity contribution in [1.82, 2.24) is 9.47 Å². The molecule has 2 aliphatic heterocycles. The van der Waals surface area contributed by atoms with Gasteiger partial charge in [0.15, 0.2) is 5.84 Å². The number of hydrogen-bond acceptors (Lipinski definition) is 6. The summed E-state index contributed by atoms with van der Waals surface area (Å²) in [5, 5.41) is 28.0. The maximum Gasteiger partial charge on any atom is 0.179 e. The van der Waals surface area contributed by atoms with Gasteiger partial charge in [0.1, 0.15) is 0 Å². The Morgan fingerprint density at radius 1 is 1.11 bits per heavy atom. The highest BCUT2D eigenvalue weighted by Crippen LogP contribution is 2.35. The van der Waals surface area contributed by atoms with Crippen LogP contribution in [0.1, 0.15) is 16.8 Å². The standard InChI is InChI=1S/C28H31N7O/c1-30-31-28-26-12-21(20-7-5-19(13-29)6-8-20)15-35(26)16-22-11-24(9-10-25(22)33(28)4)34-17-23(14-32(2)3)27(36)18-34/h5-12,15,23,27,36H,1,14,16-18H2,2-4H3/b31-28-/t23-,27+/m1/s1. The summed E-state index contributed by atoms with van der Waals surface area (Å²) in [6, 6.07) is 18.4. The molecule has 8 heteroatoms. The van der Waals surface area contributed by atoms with Crippen molar-refractivity contribution in [2.75, 3.05) is 50.6 Å². The third-order valence-corrected chi connectivity index (χ3v) is 7.09. The first-order valence-electron chi connectivity index (χ1n) is 12.1. The molecule has 0 bridgehead atoms. The van der Waals surface area contributed by atoms with Gasteiger partial charge in [-0.2, -0.15) is 10.4 Å². The van der Waals surface area contributed by atoms with Crippen LogP contribution in [0.25, 0.3) is 11.1 Å². The third-order valence-electron chi connectivity index (χ3n) is 7.09. The molecule has 1 saturated heterocycles. The van der Waals surface area contributed by atoms with E-state index in [0.717, 1.165) is 52.7 Å². The van der Waals surface area contributed by atoms with Crippen molar-refractivity contribution in [3.05, 3.63) is 71.5 Å². The number of amidine groups is 1. The summed E-state index contributed by atoms with van der Waals surface area (Å²) in [6.07, 6.45) is 1.79. The summed E-state index contributed by atoms with van der Waals surface area (Å²) >= 11 is 0. The number of benzene rings is 2. The number of aliphatic hydroxyl groups excluding tert-OH is 1. The lowest BCUT2D eigenvalue weighted by Gasteiger charge is -2.24. The predicted octanol–water partition coefficient (Wildman–Crippen LogP) is 3.25. The van der Waals surface area contributed by atoms with Crippen LogP contribution in [-0.2, 0) is 6.54 Å². The molecular formula is C28H31N7O. The zero-order chi connectivity index (χ0) is 25.4. The maximum absolute atomic E-state index is 10.6. The van der Waals surface area contributed by atoms with Crippen molar-refractivity contribution in [2.24, 2.45) is 16.1 Å². The molecule has 2 aromatic carbocycles. The topological polar surface area (TPSA) is 83.4 Å². The average molecular weight is 482 g/mol. The molecule has 3 heterocycles. The second-order valence-corrected chi connectivity index (χ2v) is 9.86. The van der Waals surface area contributed by atoms with Gasteiger partial charge in [-0.15, -0.1) is 5.10 Å². The molecular weight excluding hydrogens is 450 g/mol. The van der Waals surface area contributed by atoms with Gasteiger partial charge in [0, 0.05) is 69.0 Å². The Morgan fingerprint density at radius 2 is 1.89 bits per heavy atom. The van der Waals surface area contributed by atoms with Crippen LogP contribution in [0.15, 0.2) is 64.9 Å². The minimum absolute atomic E-state index is 0.227. The van der Waals surface area contributed by atoms with Crippen LogP contribution < -0.4 is 9.80 Å². The number of rotatable bonds is 5. The number of nitrogens with zero attached hydrogens (tertiary/aromatic N) is 7. The lowest BCUT2D eigenvalue weighted by atomic mass is 10.1. The molecule has 5 rings (SSSR count). The highest BCUT2D eigenvalue weighted by Gasteiger charge is 2.32. The number of hydrogen-bond donors (Lipinski definition) is 1. The van der Waals surface area contributed by atoms with Crippen molar-refractivity contribution in [2.45, 2.75) is 12.6 Å². The molecule has 36 heavy (non-hydrogen) atoms. The van der Waals surface area contributed by atoms with E-state index in [1.54, 1.807) is 0 Å². The number of aliphatic hydroxyl groups is 1. The van der Waals surface area contributed by atoms with Crippen LogP contribution in [0.2, 0.25) is 0 Å². The number of aromatic nitrogens is 1. The summed E-state index contributed by atoms with van der Waals surface area (Å²) in [4.78, 5) is 6.48. The highest BCUT2D eigenvalue weighted by molar-refractivity contribution is 6.10. The summed E-state index contributed by atoms with van der Waals surface area (Å²) in [5.74, 6) is 0.948. The largest absolute Gasteiger partial charge is 0.391 e. The summed E-state index contributed by atoms with van der Waals surface area (Å²) in [6.45, 7) is 6.60. The van der Waals surface area contributed by atoms with Crippen LogP contribution in [0.3, 0.4) is 0 Å². The van der Waals surface area contributed by atoms with Gasteiger partial charge in [0.25, 0.3) is 0 Å². The van der Waals surface area contributed by atoms with E-state index in [0.29, 0.717) is 18.7 Å². The molecule has 0 unspecified atom stereocenters. The molecule has 0 amide bonds. The Hall–Kier alpha value is -3.93. The van der Waals surface area contributed by atoms with Crippen LogP contribution in [0, 0.1) is 17.2 Å². The third kappa shape index (κ3) is 4.39. The number of fused-ring (bicyclic) bond motifs is 2. The Balaban J connectivity index is 1.51. The Labute approximate surface area is 212 Å². The van der Waals surface area contributed by atoms with Crippen molar-refractivity contribution in [1.29, 1.82) is 5.26 Å². The molecule has 0 aliphatic carbocycles. The minimum atomic E-state index is -0.336. The molecule has 2 aliphatic rings. The molecule has 3 aromatic rings. The first-order valence-corrected chi connectivity index (χ1v) is 12.1. The number of nitriles is 1. The van der Waals surface area contributed by atoms with Gasteiger partial charge >= 0.3 is 0 Å². The molecule has 0 spiro atoms. The van der Waals surface area contributed by atoms with Gasteiger partial charge in [-0.1, -0.05) is 12.1 Å². The van der Waals surface area contributed by atoms with Gasteiger partial charge in [0.05, 0.1) is 23.4 Å². The molecule has 0 radical (unpaired) electrons. The Kier molecular flexibility index (Phi) is 6.35. The molecule has 1 fully saturated rings. The fourth-order valence-corrected chi connectivity index (χ4v) is 5.31. The normalized spacial score (nSPS) is 20.3. The van der Waals surface area contributed by atoms with Crippen molar-refractivity contribution < 1.29 is 5.11 Å². The fourth-order valence-electron chi connectivity index (χ4n) is 5.31. The van der Waals surface area contributed by atoms with Gasteiger partial charge in [-0.3, -0.25) is 0 Å². The van der Waals surface area contributed by atoms with Crippen LogP contribution in [0.4, 0.5) is 11.4 Å². The summed E-state index contributed by atoms with van der Waals surface area (Å²) in [5.41, 5.74) is 7.02. The lowest BCUT2D eigenvalue weighted by molar-refractivity contribution is 0.130. The first-order chi connectivity index (χ1) is 17.4. The molecule has 1 aromatic heterocycles. The second-order valence-electron chi connectivity index (χ2n) is 9.86. The van der Waals surface area contributed by atoms with Crippen LogP contribution in [-0.4, -0.2) is 74.0 Å². The SMILES string of the molecule is C=N/N=C1/c2cc(-c3ccc(C#N)cc3)cn2Cc2cc(N3C[C@@H](CN(C)C)[C@@H](O)C3)ccc2N1C. The van der Waals surface area contributed by atoms with E-state index in [2.05, 4.69) is 72.7 Å². The molecule has 184 valence electrons. The molecule has 0 saturated carbocycles. The molecule has 2 atom stereocenters. The number of β-amino-alcohol motifs (C(OH)–C–C–N with tert-alkyl or cyclic N) is 1. The number of anilines is 2. The summed E-state index contributed by atoms with van der Waals surface area (Å²) in [7, 11) is 6.09. The first kappa shape index (κ1) is 23.8. The van der Waals surface area contributed by atoms with Crippen LogP contribution in [0.5, 0.6) is 0 Å². The van der Waals surface area contributed by atoms with E-state index in [1.807, 2.05) is 45.4 Å². The maximum atomic E-state index is 10.6. The van der Waals surface area contributed by atoms with Gasteiger partial charge < -0.3 is 24.4 Å². The van der Waals surface area contributed by atoms with E-state index in [9.17, 15) is 5.11 Å². The molecule has 1 N–H and O–H groups in total. The van der Waals surface area contributed by atoms with Crippen molar-refractivity contribution >= 4 is 23.9 Å². The summed E-state index contributed by atoms with van der Waals surface area (Å²) < 4.78 is 2.19. The van der Waals surface area contributed by atoms with Crippen molar-refractivity contribution in [3.8, 4) is 17.2 Å². The Bertz CT molecular complexity index is 1350. The smallest absolute Gasteiger partial charge is 0.179 e. The van der Waals surface area contributed by atoms with Gasteiger partial charge in [-0.05, 0) is 61.6 Å². The van der Waals surface area contributed by atoms with Gasteiger partial charge in [-0.25, -0.2) is 0 Å². The van der Waals surface area contributed by atoms with Crippen molar-refractivity contribution in [3.63, 3.8) is 0 Å². The van der Waals surface area contributed by atoms with E-state index in [1.165, 1.54) is 0 Å². The van der Waals surface area contributed by atoms with Gasteiger partial charge in [0.2, 0.25) is 0 Å². The zero-order valence-electron chi connectivity index (χ0n) is 21.0. The van der Waals surface area contributed by atoms with E-state index in [-0.39, 0.29) is 12.0 Å².